The Morgan fingerprint density at radius 3 is 1.94 bits per heavy atom. The third kappa shape index (κ3) is 15.7. The summed E-state index contributed by atoms with van der Waals surface area (Å²) in [4.78, 5) is 44.6. The maximum atomic E-state index is 13.1. The summed E-state index contributed by atoms with van der Waals surface area (Å²) in [5.74, 6) is 2.48. The largest absolute Gasteiger partial charge is 0.465 e. The lowest BCUT2D eigenvalue weighted by Crippen LogP contribution is -2.36. The van der Waals surface area contributed by atoms with Gasteiger partial charge in [0.05, 0.1) is 18.8 Å². The van der Waals surface area contributed by atoms with Crippen molar-refractivity contribution in [3.8, 4) is 0 Å². The van der Waals surface area contributed by atoms with Crippen molar-refractivity contribution in [3.63, 3.8) is 0 Å². The van der Waals surface area contributed by atoms with E-state index in [2.05, 4.69) is 55.5 Å². The number of nitrogens with zero attached hydrogens (tertiary/aromatic N) is 5. The molecule has 4 unspecified atom stereocenters. The van der Waals surface area contributed by atoms with Gasteiger partial charge < -0.3 is 19.5 Å². The SMILES string of the molecule is C.CC(=O)C(Cl)c1ccncc1C1CCC1.CCOC(=O)C(c1cccnc1C1CCC1)N1CC[C@@H](OCCCCC2CCc3cccnc3C2)C1.c1cnc2c(c1)CCC(CCCCO[C@@H]1CCNC1)C2. The molecule has 2 saturated carbocycles. The van der Waals surface area contributed by atoms with Gasteiger partial charge in [0.2, 0.25) is 0 Å². The molecule has 0 radical (unpaired) electrons. The van der Waals surface area contributed by atoms with Crippen LogP contribution in [0.15, 0.2) is 73.4 Å². The van der Waals surface area contributed by atoms with Crippen molar-refractivity contribution in [2.75, 3.05) is 46.0 Å². The van der Waals surface area contributed by atoms with Gasteiger partial charge in [-0.1, -0.05) is 51.3 Å². The van der Waals surface area contributed by atoms with E-state index in [0.29, 0.717) is 24.5 Å². The molecule has 392 valence electrons. The molecule has 72 heavy (non-hydrogen) atoms. The second-order valence-electron chi connectivity index (χ2n) is 21.1. The zero-order valence-electron chi connectivity index (χ0n) is 42.8. The van der Waals surface area contributed by atoms with Crippen LogP contribution in [0.2, 0.25) is 0 Å². The normalized spacial score (nSPS) is 22.5. The molecule has 11 nitrogen and oxygen atoms in total. The Balaban J connectivity index is 0.000000177. The highest BCUT2D eigenvalue weighted by Gasteiger charge is 2.38. The number of esters is 1. The van der Waals surface area contributed by atoms with E-state index in [-0.39, 0.29) is 31.3 Å². The molecule has 2 aliphatic heterocycles. The molecule has 6 atom stereocenters. The molecule has 4 aromatic heterocycles. The predicted octanol–water partition coefficient (Wildman–Crippen LogP) is 12.0. The summed E-state index contributed by atoms with van der Waals surface area (Å²) in [7, 11) is 0. The van der Waals surface area contributed by atoms with Gasteiger partial charge in [0.1, 0.15) is 11.4 Å². The summed E-state index contributed by atoms with van der Waals surface area (Å²) in [5, 5.41) is 2.83. The summed E-state index contributed by atoms with van der Waals surface area (Å²) in [6, 6.07) is 14.1. The first-order chi connectivity index (χ1) is 34.8. The van der Waals surface area contributed by atoms with E-state index in [1.165, 1.54) is 131 Å². The molecule has 12 heteroatoms. The van der Waals surface area contributed by atoms with E-state index in [1.54, 1.807) is 6.20 Å². The molecule has 0 amide bonds. The van der Waals surface area contributed by atoms with Crippen LogP contribution < -0.4 is 5.32 Å². The Bertz CT molecular complexity index is 2270. The number of alkyl halides is 1. The second kappa shape index (κ2) is 29.1. The van der Waals surface area contributed by atoms with E-state index in [4.69, 9.17) is 30.8 Å². The van der Waals surface area contributed by atoms with Gasteiger partial charge in [0.15, 0.2) is 5.78 Å². The van der Waals surface area contributed by atoms with Gasteiger partial charge in [-0.2, -0.15) is 0 Å². The van der Waals surface area contributed by atoms with Crippen LogP contribution in [0.5, 0.6) is 0 Å². The molecule has 6 aliphatic rings. The van der Waals surface area contributed by atoms with Gasteiger partial charge in [-0.05, 0) is 187 Å². The fraction of sp³-hybridized carbons (Fsp3) is 0.633. The summed E-state index contributed by atoms with van der Waals surface area (Å²) < 4.78 is 17.7. The van der Waals surface area contributed by atoms with Crippen molar-refractivity contribution in [1.29, 1.82) is 0 Å². The number of carbonyl (C=O) groups is 2. The number of Topliss-reactive ketones (excluding diaryl/α,β-unsaturated/α-hetero) is 1. The Morgan fingerprint density at radius 1 is 0.736 bits per heavy atom. The van der Waals surface area contributed by atoms with E-state index in [0.717, 1.165) is 100 Å². The van der Waals surface area contributed by atoms with Gasteiger partial charge in [-0.25, -0.2) is 4.79 Å². The Hall–Kier alpha value is -4.13. The van der Waals surface area contributed by atoms with Crippen LogP contribution in [0.25, 0.3) is 0 Å². The number of rotatable bonds is 20. The van der Waals surface area contributed by atoms with Crippen molar-refractivity contribution in [1.82, 2.24) is 30.2 Å². The number of fused-ring (bicyclic) bond motifs is 2. The van der Waals surface area contributed by atoms with Crippen molar-refractivity contribution >= 4 is 23.4 Å². The molecular formula is C60H85ClN6O5. The van der Waals surface area contributed by atoms with Crippen molar-refractivity contribution < 1.29 is 23.8 Å². The number of hydrogen-bond donors (Lipinski definition) is 1. The average Bonchev–Trinajstić information content (AvgIpc) is 4.07. The number of aromatic nitrogens is 4. The third-order valence-electron chi connectivity index (χ3n) is 16.1. The first-order valence-electron chi connectivity index (χ1n) is 27.6. The highest BCUT2D eigenvalue weighted by Crippen LogP contribution is 2.42. The fourth-order valence-corrected chi connectivity index (χ4v) is 11.7. The van der Waals surface area contributed by atoms with Crippen LogP contribution in [0.1, 0.15) is 192 Å². The average molecular weight is 1010 g/mol. The number of unbranched alkanes of at least 4 members (excludes halogenated alkanes) is 2. The number of aryl methyl sites for hydroxylation is 2. The fourth-order valence-electron chi connectivity index (χ4n) is 11.5. The lowest BCUT2D eigenvalue weighted by Gasteiger charge is -2.32. The first-order valence-corrected chi connectivity index (χ1v) is 28.0. The summed E-state index contributed by atoms with van der Waals surface area (Å²) >= 11 is 6.09. The number of ketones is 1. The number of hydrogen-bond acceptors (Lipinski definition) is 11. The molecule has 0 aromatic carbocycles. The summed E-state index contributed by atoms with van der Waals surface area (Å²) in [6.07, 6.45) is 34.0. The number of pyridine rings is 4. The minimum atomic E-state index is -0.511. The molecule has 0 spiro atoms. The van der Waals surface area contributed by atoms with Gasteiger partial charge in [0, 0.05) is 92.4 Å². The Labute approximate surface area is 436 Å². The molecule has 4 fully saturated rings. The Morgan fingerprint density at radius 2 is 1.36 bits per heavy atom. The van der Waals surface area contributed by atoms with E-state index >= 15 is 0 Å². The minimum absolute atomic E-state index is 0. The molecule has 6 heterocycles. The number of ether oxygens (including phenoxy) is 3. The van der Waals surface area contributed by atoms with Crippen LogP contribution in [0.3, 0.4) is 0 Å². The zero-order valence-corrected chi connectivity index (χ0v) is 43.6. The van der Waals surface area contributed by atoms with Gasteiger partial charge >= 0.3 is 5.97 Å². The zero-order chi connectivity index (χ0) is 49.2. The van der Waals surface area contributed by atoms with Crippen LogP contribution in [-0.4, -0.2) is 94.8 Å². The number of nitrogens with one attached hydrogen (secondary N) is 1. The summed E-state index contributed by atoms with van der Waals surface area (Å²) in [6.45, 7) is 9.33. The third-order valence-corrected chi connectivity index (χ3v) is 16.6. The van der Waals surface area contributed by atoms with Crippen LogP contribution in [-0.2, 0) is 49.5 Å². The van der Waals surface area contributed by atoms with Gasteiger partial charge in [0.25, 0.3) is 0 Å². The van der Waals surface area contributed by atoms with Crippen LogP contribution in [0, 0.1) is 11.8 Å². The topological polar surface area (TPSA) is 129 Å². The molecule has 0 bridgehead atoms. The second-order valence-corrected chi connectivity index (χ2v) is 21.5. The van der Waals surface area contributed by atoms with Crippen molar-refractivity contribution in [2.24, 2.45) is 11.8 Å². The standard InChI is InChI=1S/C30H41N3O3.C17H26N2O.C12H14ClNO.CH4/c1-2-35-30(34)29(26-12-7-17-32-28(26)24-9-5-10-24)33-18-15-25(21-33)36-19-4-3-8-22-13-14-23-11-6-16-31-27(23)20-22;1(2-11-20-16-8-10-18-13-16)4-14-6-7-15-5-3-9-19-17(15)12-14;1-8(15)12(13)10-5-6-14-7-11(10)9-3-2-4-9;/h6-7,11-12,16-17,22,24-25,29H,2-5,8-10,13-15,18-21H2,1H3;3,5,9,14,16,18H,1-2,4,6-8,10-13H2;5-7,9,12H,2-4H2,1H3;1H4/t22?,25-,29?;14?,16-;;/m11../s1. The van der Waals surface area contributed by atoms with E-state index < -0.39 is 5.38 Å². The van der Waals surface area contributed by atoms with E-state index in [9.17, 15) is 9.59 Å². The molecule has 4 aliphatic carbocycles. The summed E-state index contributed by atoms with van der Waals surface area (Å²) in [5.41, 5.74) is 9.80. The monoisotopic (exact) mass is 1000 g/mol. The number of likely N-dealkylation sites (tertiary alicyclic amines) is 1. The van der Waals surface area contributed by atoms with Gasteiger partial charge in [-0.15, -0.1) is 11.6 Å². The number of carbonyl (C=O) groups excluding carboxylic acids is 2. The number of halogens is 1. The molecular weight excluding hydrogens is 920 g/mol. The van der Waals surface area contributed by atoms with Crippen molar-refractivity contribution in [3.05, 3.63) is 118 Å². The highest BCUT2D eigenvalue weighted by atomic mass is 35.5. The minimum Gasteiger partial charge on any atom is -0.465 e. The predicted molar refractivity (Wildman–Crippen MR) is 287 cm³/mol. The van der Waals surface area contributed by atoms with Crippen molar-refractivity contribution in [2.45, 2.75) is 185 Å². The molecule has 4 aromatic rings. The quantitative estimate of drug-likeness (QED) is 0.0516. The molecule has 2 saturated heterocycles. The first kappa shape index (κ1) is 55.6. The molecule has 1 N–H and O–H groups in total. The van der Waals surface area contributed by atoms with Gasteiger partial charge in [-0.3, -0.25) is 29.6 Å². The Kier molecular flexibility index (Phi) is 22.5. The highest BCUT2D eigenvalue weighted by molar-refractivity contribution is 6.30. The smallest absolute Gasteiger partial charge is 0.328 e. The molecule has 10 rings (SSSR count). The lowest BCUT2D eigenvalue weighted by atomic mass is 9.78. The lowest BCUT2D eigenvalue weighted by molar-refractivity contribution is -0.149. The van der Waals surface area contributed by atoms with E-state index in [1.807, 2.05) is 43.8 Å². The van der Waals surface area contributed by atoms with Crippen LogP contribution in [0.4, 0.5) is 0 Å². The van der Waals surface area contributed by atoms with Crippen LogP contribution >= 0.6 is 11.6 Å². The maximum Gasteiger partial charge on any atom is 0.328 e. The maximum absolute atomic E-state index is 13.1.